The van der Waals surface area contributed by atoms with Crippen LogP contribution in [0.4, 0.5) is 5.82 Å². The number of anilines is 1. The largest absolute Gasteiger partial charge is 0.383 e. The molecular weight excluding hydrogens is 234 g/mol. The van der Waals surface area contributed by atoms with Crippen LogP contribution in [0.5, 0.6) is 0 Å². The molecule has 1 atom stereocenters. The first-order valence-corrected chi connectivity index (χ1v) is 6.83. The van der Waals surface area contributed by atoms with E-state index in [0.717, 1.165) is 13.1 Å². The van der Waals surface area contributed by atoms with Gasteiger partial charge in [0.15, 0.2) is 0 Å². The van der Waals surface area contributed by atoms with Gasteiger partial charge in [0.1, 0.15) is 5.82 Å². The zero-order valence-corrected chi connectivity index (χ0v) is 11.0. The molecule has 1 aliphatic rings. The zero-order valence-electron chi connectivity index (χ0n) is 11.0. The molecule has 3 nitrogen and oxygen atoms in total. The van der Waals surface area contributed by atoms with Crippen LogP contribution in [-0.4, -0.2) is 16.4 Å². The van der Waals surface area contributed by atoms with Crippen LogP contribution >= 0.6 is 0 Å². The lowest BCUT2D eigenvalue weighted by molar-refractivity contribution is 0.249. The lowest BCUT2D eigenvalue weighted by Gasteiger charge is -2.25. The molecule has 0 bridgehead atoms. The van der Waals surface area contributed by atoms with Crippen molar-refractivity contribution in [2.24, 2.45) is 0 Å². The molecule has 2 heterocycles. The molecule has 98 valence electrons. The third kappa shape index (κ3) is 2.61. The minimum Gasteiger partial charge on any atom is -0.383 e. The number of nitrogens with zero attached hydrogens (tertiary/aromatic N) is 2. The molecule has 1 aliphatic heterocycles. The topological polar surface area (TPSA) is 42.1 Å². The van der Waals surface area contributed by atoms with E-state index < -0.39 is 0 Å². The van der Waals surface area contributed by atoms with Crippen LogP contribution < -0.4 is 5.73 Å². The van der Waals surface area contributed by atoms with Gasteiger partial charge < -0.3 is 5.73 Å². The van der Waals surface area contributed by atoms with Crippen molar-refractivity contribution in [2.45, 2.75) is 25.4 Å². The summed E-state index contributed by atoms with van der Waals surface area (Å²) in [6.07, 6.45) is 4.16. The van der Waals surface area contributed by atoms with Crippen molar-refractivity contribution in [2.75, 3.05) is 12.3 Å². The Morgan fingerprint density at radius 2 is 2.00 bits per heavy atom. The number of rotatable bonds is 3. The van der Waals surface area contributed by atoms with Gasteiger partial charge in [0.05, 0.1) is 0 Å². The van der Waals surface area contributed by atoms with Crippen LogP contribution in [0.25, 0.3) is 0 Å². The number of benzene rings is 1. The first-order chi connectivity index (χ1) is 9.34. The average Bonchev–Trinajstić information content (AvgIpc) is 2.88. The van der Waals surface area contributed by atoms with Gasteiger partial charge >= 0.3 is 0 Å². The van der Waals surface area contributed by atoms with E-state index in [0.29, 0.717) is 11.9 Å². The van der Waals surface area contributed by atoms with E-state index in [2.05, 4.69) is 46.3 Å². The molecular formula is C16H19N3. The summed E-state index contributed by atoms with van der Waals surface area (Å²) in [5.74, 6) is 0.674. The number of nitrogen functional groups attached to an aromatic ring is 1. The first-order valence-electron chi connectivity index (χ1n) is 6.83. The third-order valence-electron chi connectivity index (χ3n) is 3.82. The second kappa shape index (κ2) is 5.41. The Morgan fingerprint density at radius 3 is 2.79 bits per heavy atom. The van der Waals surface area contributed by atoms with Crippen LogP contribution in [0.15, 0.2) is 48.7 Å². The third-order valence-corrected chi connectivity index (χ3v) is 3.82. The molecule has 2 aromatic rings. The van der Waals surface area contributed by atoms with Crippen LogP contribution in [-0.2, 0) is 6.54 Å². The highest BCUT2D eigenvalue weighted by Crippen LogP contribution is 2.34. The standard InChI is InChI=1S/C16H19N3/c17-16-14(8-4-10-18-16)15-9-5-11-19(15)12-13-6-2-1-3-7-13/h1-4,6-8,10,15H,5,9,11-12H2,(H2,17,18). The first kappa shape index (κ1) is 12.2. The number of nitrogens with two attached hydrogens (primary N) is 1. The van der Waals surface area contributed by atoms with Crippen molar-refractivity contribution in [1.29, 1.82) is 0 Å². The summed E-state index contributed by atoms with van der Waals surface area (Å²) in [4.78, 5) is 6.72. The van der Waals surface area contributed by atoms with Crippen LogP contribution in [0, 0.1) is 0 Å². The molecule has 3 heteroatoms. The summed E-state index contributed by atoms with van der Waals surface area (Å²) >= 11 is 0. The Kier molecular flexibility index (Phi) is 3.47. The van der Waals surface area contributed by atoms with E-state index >= 15 is 0 Å². The maximum atomic E-state index is 6.02. The van der Waals surface area contributed by atoms with Gasteiger partial charge in [0.2, 0.25) is 0 Å². The maximum absolute atomic E-state index is 6.02. The van der Waals surface area contributed by atoms with Crippen LogP contribution in [0.2, 0.25) is 0 Å². The highest BCUT2D eigenvalue weighted by Gasteiger charge is 2.27. The van der Waals surface area contributed by atoms with E-state index in [4.69, 9.17) is 5.73 Å². The molecule has 0 spiro atoms. The van der Waals surface area contributed by atoms with E-state index in [1.54, 1.807) is 6.20 Å². The van der Waals surface area contributed by atoms with E-state index in [1.807, 2.05) is 6.07 Å². The van der Waals surface area contributed by atoms with Crippen molar-refractivity contribution in [3.8, 4) is 0 Å². The van der Waals surface area contributed by atoms with Crippen molar-refractivity contribution >= 4 is 5.82 Å². The molecule has 0 radical (unpaired) electrons. The highest BCUT2D eigenvalue weighted by molar-refractivity contribution is 5.41. The summed E-state index contributed by atoms with van der Waals surface area (Å²) in [7, 11) is 0. The molecule has 0 amide bonds. The fraction of sp³-hybridized carbons (Fsp3) is 0.312. The lowest BCUT2D eigenvalue weighted by atomic mass is 10.1. The molecule has 0 aliphatic carbocycles. The minimum absolute atomic E-state index is 0.411. The number of hydrogen-bond donors (Lipinski definition) is 1. The summed E-state index contributed by atoms with van der Waals surface area (Å²) < 4.78 is 0. The van der Waals surface area contributed by atoms with Crippen LogP contribution in [0.3, 0.4) is 0 Å². The number of likely N-dealkylation sites (tertiary alicyclic amines) is 1. The Morgan fingerprint density at radius 1 is 1.16 bits per heavy atom. The molecule has 19 heavy (non-hydrogen) atoms. The van der Waals surface area contributed by atoms with Crippen molar-refractivity contribution in [3.05, 3.63) is 59.8 Å². The summed E-state index contributed by atoms with van der Waals surface area (Å²) in [6, 6.07) is 15.1. The molecule has 1 saturated heterocycles. The van der Waals surface area contributed by atoms with E-state index in [-0.39, 0.29) is 0 Å². The normalized spacial score (nSPS) is 19.7. The van der Waals surface area contributed by atoms with Crippen LogP contribution in [0.1, 0.15) is 30.0 Å². The molecule has 0 saturated carbocycles. The van der Waals surface area contributed by atoms with Gasteiger partial charge in [0.25, 0.3) is 0 Å². The van der Waals surface area contributed by atoms with Crippen molar-refractivity contribution in [3.63, 3.8) is 0 Å². The minimum atomic E-state index is 0.411. The molecule has 1 unspecified atom stereocenters. The molecule has 1 aromatic heterocycles. The second-order valence-corrected chi connectivity index (χ2v) is 5.09. The molecule has 1 fully saturated rings. The Hall–Kier alpha value is -1.87. The van der Waals surface area contributed by atoms with Crippen molar-refractivity contribution in [1.82, 2.24) is 9.88 Å². The number of hydrogen-bond acceptors (Lipinski definition) is 3. The number of aromatic nitrogens is 1. The van der Waals surface area contributed by atoms with Gasteiger partial charge in [-0.3, -0.25) is 4.90 Å². The van der Waals surface area contributed by atoms with Gasteiger partial charge in [-0.05, 0) is 31.0 Å². The zero-order chi connectivity index (χ0) is 13.1. The van der Waals surface area contributed by atoms with Gasteiger partial charge in [-0.2, -0.15) is 0 Å². The molecule has 1 aromatic carbocycles. The van der Waals surface area contributed by atoms with E-state index in [1.165, 1.54) is 24.0 Å². The van der Waals surface area contributed by atoms with Gasteiger partial charge in [-0.1, -0.05) is 36.4 Å². The van der Waals surface area contributed by atoms with Crippen molar-refractivity contribution < 1.29 is 0 Å². The number of pyridine rings is 1. The molecule has 3 rings (SSSR count). The maximum Gasteiger partial charge on any atom is 0.128 e. The monoisotopic (exact) mass is 253 g/mol. The lowest BCUT2D eigenvalue weighted by Crippen LogP contribution is -2.23. The summed E-state index contributed by atoms with van der Waals surface area (Å²) in [5.41, 5.74) is 8.55. The Bertz CT molecular complexity index is 539. The second-order valence-electron chi connectivity index (χ2n) is 5.09. The van der Waals surface area contributed by atoms with Gasteiger partial charge in [-0.25, -0.2) is 4.98 Å². The smallest absolute Gasteiger partial charge is 0.128 e. The van der Waals surface area contributed by atoms with Gasteiger partial charge in [-0.15, -0.1) is 0 Å². The fourth-order valence-corrected chi connectivity index (χ4v) is 2.90. The SMILES string of the molecule is Nc1ncccc1C1CCCN1Cc1ccccc1. The quantitative estimate of drug-likeness (QED) is 0.914. The van der Waals surface area contributed by atoms with E-state index in [9.17, 15) is 0 Å². The summed E-state index contributed by atoms with van der Waals surface area (Å²) in [5, 5.41) is 0. The fourth-order valence-electron chi connectivity index (χ4n) is 2.90. The average molecular weight is 253 g/mol. The highest BCUT2D eigenvalue weighted by atomic mass is 15.2. The predicted octanol–water partition coefficient (Wildman–Crippen LogP) is 3.00. The predicted molar refractivity (Wildman–Crippen MR) is 77.5 cm³/mol. The van der Waals surface area contributed by atoms with Gasteiger partial charge in [0, 0.05) is 24.3 Å². The Balaban J connectivity index is 1.81. The molecule has 2 N–H and O–H groups in total. The Labute approximate surface area is 114 Å². The summed E-state index contributed by atoms with van der Waals surface area (Å²) in [6.45, 7) is 2.12.